The standard InChI is InChI=1S/C48H31N3/c1-3-14-32(15-4-1)33-26-28-44-39(30-33)36-18-7-10-21-41(36)50(44)35-27-29-45-40(31-35)37-19-8-11-22-42(37)51(45)47-25-13-24-46-48(47)38-20-9-12-23-43(38)49(46)34-16-5-2-6-17-34/h1-31H. The smallest absolute Gasteiger partial charge is 0.0562 e. The minimum Gasteiger partial charge on any atom is -0.309 e. The third-order valence-electron chi connectivity index (χ3n) is 10.6. The van der Waals surface area contributed by atoms with E-state index in [1.165, 1.54) is 82.2 Å². The molecule has 51 heavy (non-hydrogen) atoms. The molecule has 0 bridgehead atoms. The van der Waals surface area contributed by atoms with Gasteiger partial charge in [0.05, 0.1) is 38.8 Å². The number of para-hydroxylation sites is 4. The molecule has 0 atom stereocenters. The van der Waals surface area contributed by atoms with E-state index in [1.54, 1.807) is 0 Å². The highest BCUT2D eigenvalue weighted by atomic mass is 15.0. The van der Waals surface area contributed by atoms with Crippen LogP contribution < -0.4 is 0 Å². The van der Waals surface area contributed by atoms with E-state index in [1.807, 2.05) is 0 Å². The molecule has 3 aromatic heterocycles. The molecule has 3 heterocycles. The molecule has 0 saturated heterocycles. The number of benzene rings is 8. The first kappa shape index (κ1) is 28.0. The molecule has 0 aliphatic heterocycles. The van der Waals surface area contributed by atoms with Crippen LogP contribution >= 0.6 is 0 Å². The lowest BCUT2D eigenvalue weighted by Crippen LogP contribution is -1.97. The average molecular weight is 650 g/mol. The topological polar surface area (TPSA) is 14.8 Å². The van der Waals surface area contributed by atoms with Gasteiger partial charge in [-0.15, -0.1) is 0 Å². The van der Waals surface area contributed by atoms with E-state index < -0.39 is 0 Å². The van der Waals surface area contributed by atoms with Gasteiger partial charge in [0, 0.05) is 43.7 Å². The molecule has 0 aliphatic carbocycles. The number of hydrogen-bond donors (Lipinski definition) is 0. The lowest BCUT2D eigenvalue weighted by atomic mass is 10.0. The Morgan fingerprint density at radius 3 is 1.51 bits per heavy atom. The summed E-state index contributed by atoms with van der Waals surface area (Å²) in [5.41, 5.74) is 13.2. The van der Waals surface area contributed by atoms with E-state index in [9.17, 15) is 0 Å². The molecule has 0 radical (unpaired) electrons. The Balaban J connectivity index is 1.18. The zero-order chi connectivity index (χ0) is 33.5. The Bertz CT molecular complexity index is 3120. The summed E-state index contributed by atoms with van der Waals surface area (Å²) in [4.78, 5) is 0. The maximum absolute atomic E-state index is 2.47. The molecule has 8 aromatic carbocycles. The second-order valence-corrected chi connectivity index (χ2v) is 13.4. The van der Waals surface area contributed by atoms with Gasteiger partial charge in [0.15, 0.2) is 0 Å². The van der Waals surface area contributed by atoms with Crippen molar-refractivity contribution in [3.05, 3.63) is 188 Å². The summed E-state index contributed by atoms with van der Waals surface area (Å²) < 4.78 is 7.29. The van der Waals surface area contributed by atoms with Crippen LogP contribution in [0, 0.1) is 0 Å². The minimum absolute atomic E-state index is 1.16. The van der Waals surface area contributed by atoms with Crippen LogP contribution in [0.15, 0.2) is 188 Å². The first-order valence-corrected chi connectivity index (χ1v) is 17.5. The van der Waals surface area contributed by atoms with Crippen molar-refractivity contribution in [1.29, 1.82) is 0 Å². The van der Waals surface area contributed by atoms with E-state index in [0.717, 1.165) is 11.4 Å². The molecule has 0 amide bonds. The van der Waals surface area contributed by atoms with Gasteiger partial charge in [-0.05, 0) is 83.9 Å². The number of rotatable bonds is 4. The summed E-state index contributed by atoms with van der Waals surface area (Å²) in [6.07, 6.45) is 0. The number of nitrogens with zero attached hydrogens (tertiary/aromatic N) is 3. The Labute approximate surface area is 294 Å². The maximum Gasteiger partial charge on any atom is 0.0562 e. The fourth-order valence-electron chi connectivity index (χ4n) is 8.46. The average Bonchev–Trinajstić information content (AvgIpc) is 3.84. The van der Waals surface area contributed by atoms with Crippen LogP contribution in [-0.2, 0) is 0 Å². The summed E-state index contributed by atoms with van der Waals surface area (Å²) in [6, 6.07) is 68.4. The van der Waals surface area contributed by atoms with Gasteiger partial charge < -0.3 is 13.7 Å². The molecule has 0 spiro atoms. The van der Waals surface area contributed by atoms with E-state index in [-0.39, 0.29) is 0 Å². The predicted molar refractivity (Wildman–Crippen MR) is 215 cm³/mol. The lowest BCUT2D eigenvalue weighted by molar-refractivity contribution is 1.16. The third kappa shape index (κ3) is 4.06. The molecule has 0 unspecified atom stereocenters. The highest BCUT2D eigenvalue weighted by Gasteiger charge is 2.20. The normalized spacial score (nSPS) is 11.9. The molecule has 3 heteroatoms. The molecule has 3 nitrogen and oxygen atoms in total. The van der Waals surface area contributed by atoms with Crippen molar-refractivity contribution >= 4 is 65.4 Å². The summed E-state index contributed by atoms with van der Waals surface area (Å²) in [7, 11) is 0. The zero-order valence-electron chi connectivity index (χ0n) is 27.7. The van der Waals surface area contributed by atoms with Crippen LogP contribution in [0.2, 0.25) is 0 Å². The Morgan fingerprint density at radius 1 is 0.255 bits per heavy atom. The molecule has 0 saturated carbocycles. The summed E-state index contributed by atoms with van der Waals surface area (Å²) in [5, 5.41) is 7.49. The van der Waals surface area contributed by atoms with Gasteiger partial charge in [0.1, 0.15) is 0 Å². The van der Waals surface area contributed by atoms with Crippen LogP contribution in [0.1, 0.15) is 0 Å². The van der Waals surface area contributed by atoms with Gasteiger partial charge in [-0.25, -0.2) is 0 Å². The van der Waals surface area contributed by atoms with Crippen LogP contribution in [0.5, 0.6) is 0 Å². The Morgan fingerprint density at radius 2 is 0.765 bits per heavy atom. The van der Waals surface area contributed by atoms with Crippen LogP contribution in [-0.4, -0.2) is 13.7 Å². The number of aromatic nitrogens is 3. The Hall–Kier alpha value is -6.84. The van der Waals surface area contributed by atoms with Gasteiger partial charge in [0.25, 0.3) is 0 Å². The second-order valence-electron chi connectivity index (χ2n) is 13.4. The molecule has 0 N–H and O–H groups in total. The van der Waals surface area contributed by atoms with Gasteiger partial charge in [-0.3, -0.25) is 0 Å². The van der Waals surface area contributed by atoms with Crippen LogP contribution in [0.4, 0.5) is 0 Å². The van der Waals surface area contributed by atoms with Crippen molar-refractivity contribution in [3.63, 3.8) is 0 Å². The van der Waals surface area contributed by atoms with Gasteiger partial charge >= 0.3 is 0 Å². The van der Waals surface area contributed by atoms with Crippen LogP contribution in [0.25, 0.3) is 93.6 Å². The molecule has 0 aliphatic rings. The predicted octanol–water partition coefficient (Wildman–Crippen LogP) is 12.6. The van der Waals surface area contributed by atoms with Gasteiger partial charge in [-0.1, -0.05) is 115 Å². The molecule has 238 valence electrons. The van der Waals surface area contributed by atoms with Gasteiger partial charge in [0.2, 0.25) is 0 Å². The van der Waals surface area contributed by atoms with E-state index in [2.05, 4.69) is 202 Å². The number of fused-ring (bicyclic) bond motifs is 9. The highest BCUT2D eigenvalue weighted by molar-refractivity contribution is 6.17. The first-order chi connectivity index (χ1) is 25.3. The molecule has 0 fully saturated rings. The second kappa shape index (κ2) is 10.8. The fraction of sp³-hybridized carbons (Fsp3) is 0. The number of hydrogen-bond acceptors (Lipinski definition) is 0. The summed E-state index contributed by atoms with van der Waals surface area (Å²) >= 11 is 0. The highest BCUT2D eigenvalue weighted by Crippen LogP contribution is 2.41. The van der Waals surface area contributed by atoms with E-state index in [0.29, 0.717) is 0 Å². The summed E-state index contributed by atoms with van der Waals surface area (Å²) in [5.74, 6) is 0. The molecular weight excluding hydrogens is 619 g/mol. The maximum atomic E-state index is 2.47. The van der Waals surface area contributed by atoms with Crippen molar-refractivity contribution in [2.75, 3.05) is 0 Å². The molecule has 11 rings (SSSR count). The minimum atomic E-state index is 1.16. The quantitative estimate of drug-likeness (QED) is 0.180. The van der Waals surface area contributed by atoms with Crippen molar-refractivity contribution in [1.82, 2.24) is 13.7 Å². The fourth-order valence-corrected chi connectivity index (χ4v) is 8.46. The van der Waals surface area contributed by atoms with Gasteiger partial charge in [-0.2, -0.15) is 0 Å². The van der Waals surface area contributed by atoms with Crippen molar-refractivity contribution < 1.29 is 0 Å². The third-order valence-corrected chi connectivity index (χ3v) is 10.6. The van der Waals surface area contributed by atoms with Crippen molar-refractivity contribution in [2.45, 2.75) is 0 Å². The van der Waals surface area contributed by atoms with E-state index >= 15 is 0 Å². The first-order valence-electron chi connectivity index (χ1n) is 17.5. The largest absolute Gasteiger partial charge is 0.309 e. The van der Waals surface area contributed by atoms with Crippen molar-refractivity contribution in [3.8, 4) is 28.2 Å². The Kier molecular flexibility index (Phi) is 5.96. The summed E-state index contributed by atoms with van der Waals surface area (Å²) in [6.45, 7) is 0. The lowest BCUT2D eigenvalue weighted by Gasteiger charge is -2.12. The van der Waals surface area contributed by atoms with Crippen LogP contribution in [0.3, 0.4) is 0 Å². The van der Waals surface area contributed by atoms with Crippen molar-refractivity contribution in [2.24, 2.45) is 0 Å². The monoisotopic (exact) mass is 649 g/mol. The molecule has 11 aromatic rings. The SMILES string of the molecule is c1ccc(-c2ccc3c(c2)c2ccccc2n3-c2ccc3c(c2)c2ccccc2n3-c2cccc3c2c2ccccc2n3-c2ccccc2)cc1. The van der Waals surface area contributed by atoms with E-state index in [4.69, 9.17) is 0 Å². The molecular formula is C48H31N3. The zero-order valence-corrected chi connectivity index (χ0v) is 27.7.